The first-order valence-electron chi connectivity index (χ1n) is 7.65. The minimum Gasteiger partial charge on any atom is -0.480 e. The summed E-state index contributed by atoms with van der Waals surface area (Å²) >= 11 is 0. The number of nitrogens with zero attached hydrogens (tertiary/aromatic N) is 1. The third-order valence-electron chi connectivity index (χ3n) is 4.33. The summed E-state index contributed by atoms with van der Waals surface area (Å²) < 4.78 is 5.46. The van der Waals surface area contributed by atoms with Crippen molar-refractivity contribution in [2.45, 2.75) is 38.6 Å². The van der Waals surface area contributed by atoms with E-state index in [1.807, 2.05) is 25.1 Å². The van der Waals surface area contributed by atoms with Gasteiger partial charge >= 0.3 is 5.97 Å². The summed E-state index contributed by atoms with van der Waals surface area (Å²) in [6.45, 7) is 2.53. The lowest BCUT2D eigenvalue weighted by Gasteiger charge is -2.32. The first-order valence-corrected chi connectivity index (χ1v) is 7.65. The highest BCUT2D eigenvalue weighted by atomic mass is 16.4. The maximum Gasteiger partial charge on any atom is 0.326 e. The molecule has 0 radical (unpaired) electrons. The van der Waals surface area contributed by atoms with Gasteiger partial charge in [-0.1, -0.05) is 13.0 Å². The molecule has 0 spiro atoms. The predicted molar refractivity (Wildman–Crippen MR) is 81.9 cm³/mol. The molecular formula is C17H19NO4. The number of benzene rings is 1. The van der Waals surface area contributed by atoms with Gasteiger partial charge in [0.05, 0.1) is 5.56 Å². The van der Waals surface area contributed by atoms with Crippen molar-refractivity contribution < 1.29 is 19.1 Å². The number of rotatable bonds is 3. The Hall–Kier alpha value is -2.30. The molecular weight excluding hydrogens is 282 g/mol. The van der Waals surface area contributed by atoms with Gasteiger partial charge in [0, 0.05) is 11.9 Å². The fraction of sp³-hybridized carbons (Fsp3) is 0.412. The summed E-state index contributed by atoms with van der Waals surface area (Å²) in [7, 11) is 0. The van der Waals surface area contributed by atoms with Crippen molar-refractivity contribution in [2.24, 2.45) is 0 Å². The minimum absolute atomic E-state index is 0.251. The third-order valence-corrected chi connectivity index (χ3v) is 4.33. The van der Waals surface area contributed by atoms with E-state index in [0.29, 0.717) is 24.1 Å². The maximum absolute atomic E-state index is 12.8. The van der Waals surface area contributed by atoms with E-state index in [1.54, 1.807) is 0 Å². The van der Waals surface area contributed by atoms with E-state index in [-0.39, 0.29) is 5.91 Å². The van der Waals surface area contributed by atoms with Gasteiger partial charge in [-0.15, -0.1) is 0 Å². The second-order valence-corrected chi connectivity index (χ2v) is 5.68. The van der Waals surface area contributed by atoms with Gasteiger partial charge in [0.2, 0.25) is 0 Å². The maximum atomic E-state index is 12.8. The number of likely N-dealkylation sites (tertiary alicyclic amines) is 1. The summed E-state index contributed by atoms with van der Waals surface area (Å²) in [6, 6.07) is 5.04. The normalized spacial score (nSPS) is 18.6. The molecule has 1 saturated heterocycles. The predicted octanol–water partition coefficient (Wildman–Crippen LogP) is 3.07. The molecule has 2 aromatic rings. The third kappa shape index (κ3) is 2.47. The van der Waals surface area contributed by atoms with Crippen LogP contribution in [0.4, 0.5) is 0 Å². The Morgan fingerprint density at radius 1 is 1.36 bits per heavy atom. The minimum atomic E-state index is -0.935. The molecule has 1 aromatic carbocycles. The number of carbonyl (C=O) groups excluding carboxylic acids is 1. The van der Waals surface area contributed by atoms with Gasteiger partial charge in [-0.2, -0.15) is 0 Å². The van der Waals surface area contributed by atoms with Gasteiger partial charge in [-0.25, -0.2) is 4.79 Å². The van der Waals surface area contributed by atoms with E-state index in [4.69, 9.17) is 4.42 Å². The largest absolute Gasteiger partial charge is 0.480 e. The number of hydrogen-bond donors (Lipinski definition) is 1. The van der Waals surface area contributed by atoms with Gasteiger partial charge in [0.1, 0.15) is 17.9 Å². The number of aliphatic carboxylic acids is 1. The summed E-state index contributed by atoms with van der Waals surface area (Å²) in [5.41, 5.74) is 2.24. The number of furan rings is 1. The van der Waals surface area contributed by atoms with E-state index >= 15 is 0 Å². The SMILES string of the molecule is CCc1ccc2occ(C(=O)N3CCCC[C@@H]3C(=O)O)c2c1. The highest BCUT2D eigenvalue weighted by Gasteiger charge is 2.33. The van der Waals surface area contributed by atoms with Crippen molar-refractivity contribution in [1.82, 2.24) is 4.90 Å². The molecule has 0 bridgehead atoms. The molecule has 3 rings (SSSR count). The number of carboxylic acid groups (broad SMARTS) is 1. The fourth-order valence-electron chi connectivity index (χ4n) is 3.05. The Balaban J connectivity index is 1.99. The van der Waals surface area contributed by atoms with Gasteiger partial charge in [0.15, 0.2) is 0 Å². The number of piperidine rings is 1. The molecule has 1 N–H and O–H groups in total. The second kappa shape index (κ2) is 5.83. The van der Waals surface area contributed by atoms with Gasteiger partial charge < -0.3 is 14.4 Å². The molecule has 0 unspecified atom stereocenters. The van der Waals surface area contributed by atoms with Crippen molar-refractivity contribution in [3.8, 4) is 0 Å². The Kier molecular flexibility index (Phi) is 3.88. The van der Waals surface area contributed by atoms with Crippen LogP contribution >= 0.6 is 0 Å². The number of carbonyl (C=O) groups is 2. The topological polar surface area (TPSA) is 70.8 Å². The van der Waals surface area contributed by atoms with Crippen LogP contribution in [0.3, 0.4) is 0 Å². The van der Waals surface area contributed by atoms with Crippen LogP contribution in [0.25, 0.3) is 11.0 Å². The molecule has 1 fully saturated rings. The van der Waals surface area contributed by atoms with E-state index in [0.717, 1.165) is 30.2 Å². The van der Waals surface area contributed by atoms with Crippen molar-refractivity contribution in [3.05, 3.63) is 35.6 Å². The van der Waals surface area contributed by atoms with E-state index in [2.05, 4.69) is 0 Å². The number of aryl methyl sites for hydroxylation is 1. The zero-order valence-electron chi connectivity index (χ0n) is 12.5. The zero-order valence-corrected chi connectivity index (χ0v) is 12.5. The molecule has 1 amide bonds. The van der Waals surface area contributed by atoms with Crippen LogP contribution in [0.5, 0.6) is 0 Å². The molecule has 116 valence electrons. The Labute approximate surface area is 128 Å². The van der Waals surface area contributed by atoms with Crippen LogP contribution in [0.1, 0.15) is 42.1 Å². The standard InChI is InChI=1S/C17H19NO4/c1-2-11-6-7-15-12(9-11)13(10-22-15)16(19)18-8-4-3-5-14(18)17(20)21/h6-7,9-10,14H,2-5,8H2,1H3,(H,20,21)/t14-/m1/s1. The van der Waals surface area contributed by atoms with E-state index < -0.39 is 12.0 Å². The molecule has 1 aliphatic heterocycles. The quantitative estimate of drug-likeness (QED) is 0.945. The van der Waals surface area contributed by atoms with Crippen LogP contribution in [0.2, 0.25) is 0 Å². The first-order chi connectivity index (χ1) is 10.6. The van der Waals surface area contributed by atoms with Gasteiger partial charge in [-0.05, 0) is 43.4 Å². The number of amides is 1. The molecule has 1 atom stereocenters. The lowest BCUT2D eigenvalue weighted by molar-refractivity contribution is -0.143. The van der Waals surface area contributed by atoms with Crippen molar-refractivity contribution >= 4 is 22.8 Å². The summed E-state index contributed by atoms with van der Waals surface area (Å²) in [5.74, 6) is -1.19. The van der Waals surface area contributed by atoms with E-state index in [9.17, 15) is 14.7 Å². The molecule has 5 nitrogen and oxygen atoms in total. The number of fused-ring (bicyclic) bond motifs is 1. The van der Waals surface area contributed by atoms with Crippen molar-refractivity contribution in [1.29, 1.82) is 0 Å². The molecule has 0 saturated carbocycles. The van der Waals surface area contributed by atoms with Crippen molar-refractivity contribution in [2.75, 3.05) is 6.54 Å². The lowest BCUT2D eigenvalue weighted by atomic mass is 10.0. The first kappa shape index (κ1) is 14.6. The highest BCUT2D eigenvalue weighted by molar-refractivity contribution is 6.07. The smallest absolute Gasteiger partial charge is 0.326 e. The summed E-state index contributed by atoms with van der Waals surface area (Å²) in [6.07, 6.45) is 4.51. The molecule has 22 heavy (non-hydrogen) atoms. The van der Waals surface area contributed by atoms with E-state index in [1.165, 1.54) is 11.2 Å². The lowest BCUT2D eigenvalue weighted by Crippen LogP contribution is -2.47. The molecule has 1 aromatic heterocycles. The monoisotopic (exact) mass is 301 g/mol. The average Bonchev–Trinajstić information content (AvgIpc) is 2.97. The molecule has 1 aliphatic rings. The molecule has 0 aliphatic carbocycles. The number of carboxylic acids is 1. The van der Waals surface area contributed by atoms with Crippen LogP contribution < -0.4 is 0 Å². The number of hydrogen-bond acceptors (Lipinski definition) is 3. The van der Waals surface area contributed by atoms with Crippen molar-refractivity contribution in [3.63, 3.8) is 0 Å². The Morgan fingerprint density at radius 3 is 2.91 bits per heavy atom. The molecule has 2 heterocycles. The fourth-order valence-corrected chi connectivity index (χ4v) is 3.05. The zero-order chi connectivity index (χ0) is 15.7. The molecule has 5 heteroatoms. The highest BCUT2D eigenvalue weighted by Crippen LogP contribution is 2.27. The van der Waals surface area contributed by atoms with Gasteiger partial charge in [-0.3, -0.25) is 4.79 Å². The average molecular weight is 301 g/mol. The summed E-state index contributed by atoms with van der Waals surface area (Å²) in [5, 5.41) is 10.1. The van der Waals surface area contributed by atoms with Crippen LogP contribution in [-0.2, 0) is 11.2 Å². The Morgan fingerprint density at radius 2 is 2.18 bits per heavy atom. The van der Waals surface area contributed by atoms with Crippen LogP contribution in [-0.4, -0.2) is 34.5 Å². The Bertz CT molecular complexity index is 719. The van der Waals surface area contributed by atoms with Gasteiger partial charge in [0.25, 0.3) is 5.91 Å². The van der Waals surface area contributed by atoms with Crippen LogP contribution in [0.15, 0.2) is 28.9 Å². The van der Waals surface area contributed by atoms with Crippen LogP contribution in [0, 0.1) is 0 Å². The second-order valence-electron chi connectivity index (χ2n) is 5.68. The summed E-state index contributed by atoms with van der Waals surface area (Å²) in [4.78, 5) is 25.6.